The number of benzene rings is 1. The first kappa shape index (κ1) is 14.4. The zero-order chi connectivity index (χ0) is 14.0. The maximum Gasteiger partial charge on any atom is 0.129 e. The van der Waals surface area contributed by atoms with E-state index in [0.29, 0.717) is 12.5 Å². The molecule has 19 heavy (non-hydrogen) atoms. The van der Waals surface area contributed by atoms with Crippen LogP contribution in [0.5, 0.6) is 0 Å². The Morgan fingerprint density at radius 2 is 2.21 bits per heavy atom. The lowest BCUT2D eigenvalue weighted by Crippen LogP contribution is -2.35. The van der Waals surface area contributed by atoms with Crippen LogP contribution in [-0.4, -0.2) is 11.7 Å². The predicted octanol–water partition coefficient (Wildman–Crippen LogP) is 3.15. The van der Waals surface area contributed by atoms with Gasteiger partial charge in [0.2, 0.25) is 0 Å². The van der Waals surface area contributed by atoms with Crippen LogP contribution in [0.4, 0.5) is 8.78 Å². The molecule has 1 aliphatic carbocycles. The van der Waals surface area contributed by atoms with Crippen molar-refractivity contribution in [2.45, 2.75) is 38.7 Å². The maximum atomic E-state index is 13.8. The Kier molecular flexibility index (Phi) is 4.21. The normalized spacial score (nSPS) is 28.6. The second-order valence-corrected chi connectivity index (χ2v) is 5.65. The molecule has 1 aromatic rings. The molecule has 3 atom stereocenters. The van der Waals surface area contributed by atoms with Gasteiger partial charge in [-0.1, -0.05) is 13.3 Å². The summed E-state index contributed by atoms with van der Waals surface area (Å²) in [5, 5.41) is 10.5. The van der Waals surface area contributed by atoms with Crippen LogP contribution < -0.4 is 5.73 Å². The van der Waals surface area contributed by atoms with E-state index in [2.05, 4.69) is 6.92 Å². The quantitative estimate of drug-likeness (QED) is 0.882. The van der Waals surface area contributed by atoms with Crippen molar-refractivity contribution in [2.24, 2.45) is 17.1 Å². The van der Waals surface area contributed by atoms with Gasteiger partial charge < -0.3 is 10.8 Å². The molecule has 2 rings (SSSR count). The minimum atomic E-state index is -1.04. The largest absolute Gasteiger partial charge is 0.388 e. The summed E-state index contributed by atoms with van der Waals surface area (Å²) in [6.45, 7) is 2.40. The Labute approximate surface area is 112 Å². The van der Waals surface area contributed by atoms with Crippen molar-refractivity contribution in [2.75, 3.05) is 6.54 Å². The Morgan fingerprint density at radius 1 is 1.47 bits per heavy atom. The van der Waals surface area contributed by atoms with Crippen molar-refractivity contribution < 1.29 is 13.9 Å². The molecule has 1 fully saturated rings. The number of hydrogen-bond donors (Lipinski definition) is 2. The first-order valence-electron chi connectivity index (χ1n) is 6.85. The maximum absolute atomic E-state index is 13.8. The highest BCUT2D eigenvalue weighted by Gasteiger charge is 2.44. The summed E-state index contributed by atoms with van der Waals surface area (Å²) in [6.07, 6.45) is 2.52. The van der Waals surface area contributed by atoms with E-state index in [1.807, 2.05) is 0 Å². The second-order valence-electron chi connectivity index (χ2n) is 5.65. The molecule has 0 saturated heterocycles. The van der Waals surface area contributed by atoms with E-state index in [9.17, 15) is 13.9 Å². The standard InChI is InChI=1S/C15H21F2NO/c1-2-10-5-6-15(8-10,9-18)14(19)12-7-11(16)3-4-13(12)17/h3-4,7,10,14,19H,2,5-6,8-9,18H2,1H3. The van der Waals surface area contributed by atoms with Gasteiger partial charge in [0.25, 0.3) is 0 Å². The lowest BCUT2D eigenvalue weighted by atomic mass is 9.76. The third kappa shape index (κ3) is 2.65. The van der Waals surface area contributed by atoms with E-state index in [-0.39, 0.29) is 5.56 Å². The van der Waals surface area contributed by atoms with Crippen LogP contribution in [0.15, 0.2) is 18.2 Å². The minimum Gasteiger partial charge on any atom is -0.388 e. The number of aliphatic hydroxyl groups is 1. The van der Waals surface area contributed by atoms with Crippen LogP contribution in [-0.2, 0) is 0 Å². The molecule has 3 N–H and O–H groups in total. The summed E-state index contributed by atoms with van der Waals surface area (Å²) in [5.41, 5.74) is 5.35. The van der Waals surface area contributed by atoms with Gasteiger partial charge in [0.15, 0.2) is 0 Å². The van der Waals surface area contributed by atoms with Crippen molar-refractivity contribution in [3.05, 3.63) is 35.4 Å². The van der Waals surface area contributed by atoms with E-state index in [4.69, 9.17) is 5.73 Å². The van der Waals surface area contributed by atoms with Crippen molar-refractivity contribution in [3.63, 3.8) is 0 Å². The van der Waals surface area contributed by atoms with Gasteiger partial charge >= 0.3 is 0 Å². The van der Waals surface area contributed by atoms with Gasteiger partial charge in [-0.15, -0.1) is 0 Å². The summed E-state index contributed by atoms with van der Waals surface area (Å²) >= 11 is 0. The van der Waals surface area contributed by atoms with Crippen LogP contribution in [0.25, 0.3) is 0 Å². The molecule has 106 valence electrons. The molecule has 0 radical (unpaired) electrons. The fourth-order valence-electron chi connectivity index (χ4n) is 3.22. The number of aliphatic hydroxyl groups excluding tert-OH is 1. The molecule has 0 heterocycles. The average molecular weight is 269 g/mol. The number of hydrogen-bond acceptors (Lipinski definition) is 2. The summed E-state index contributed by atoms with van der Waals surface area (Å²) in [7, 11) is 0. The van der Waals surface area contributed by atoms with Gasteiger partial charge in [-0.2, -0.15) is 0 Å². The first-order valence-corrected chi connectivity index (χ1v) is 6.85. The molecular formula is C15H21F2NO. The fraction of sp³-hybridized carbons (Fsp3) is 0.600. The average Bonchev–Trinajstić information content (AvgIpc) is 2.85. The van der Waals surface area contributed by atoms with Crippen molar-refractivity contribution in [3.8, 4) is 0 Å². The number of rotatable bonds is 4. The third-order valence-electron chi connectivity index (χ3n) is 4.56. The van der Waals surface area contributed by atoms with E-state index >= 15 is 0 Å². The van der Waals surface area contributed by atoms with Crippen molar-refractivity contribution in [1.29, 1.82) is 0 Å². The van der Waals surface area contributed by atoms with Gasteiger partial charge in [-0.05, 0) is 43.4 Å². The Bertz CT molecular complexity index is 452. The highest BCUT2D eigenvalue weighted by molar-refractivity contribution is 5.24. The molecule has 4 heteroatoms. The van der Waals surface area contributed by atoms with Crippen LogP contribution in [0.1, 0.15) is 44.3 Å². The van der Waals surface area contributed by atoms with E-state index in [0.717, 1.165) is 43.9 Å². The Hall–Kier alpha value is -1.00. The van der Waals surface area contributed by atoms with E-state index in [1.165, 1.54) is 0 Å². The lowest BCUT2D eigenvalue weighted by Gasteiger charge is -2.34. The summed E-state index contributed by atoms with van der Waals surface area (Å²) in [4.78, 5) is 0. The molecule has 2 nitrogen and oxygen atoms in total. The number of halogens is 2. The van der Waals surface area contributed by atoms with Gasteiger partial charge in [-0.3, -0.25) is 0 Å². The monoisotopic (exact) mass is 269 g/mol. The highest BCUT2D eigenvalue weighted by atomic mass is 19.1. The molecule has 1 aliphatic rings. The zero-order valence-electron chi connectivity index (χ0n) is 11.2. The Morgan fingerprint density at radius 3 is 2.79 bits per heavy atom. The van der Waals surface area contributed by atoms with Crippen LogP contribution in [0.3, 0.4) is 0 Å². The molecular weight excluding hydrogens is 248 g/mol. The van der Waals surface area contributed by atoms with Crippen LogP contribution in [0.2, 0.25) is 0 Å². The van der Waals surface area contributed by atoms with E-state index < -0.39 is 23.2 Å². The van der Waals surface area contributed by atoms with E-state index in [1.54, 1.807) is 0 Å². The van der Waals surface area contributed by atoms with Crippen molar-refractivity contribution >= 4 is 0 Å². The van der Waals surface area contributed by atoms with Crippen LogP contribution >= 0.6 is 0 Å². The highest BCUT2D eigenvalue weighted by Crippen LogP contribution is 2.50. The molecule has 0 aromatic heterocycles. The second kappa shape index (κ2) is 5.55. The SMILES string of the molecule is CCC1CCC(CN)(C(O)c2cc(F)ccc2F)C1. The summed E-state index contributed by atoms with van der Waals surface area (Å²) < 4.78 is 27.0. The topological polar surface area (TPSA) is 46.2 Å². The van der Waals surface area contributed by atoms with Crippen molar-refractivity contribution in [1.82, 2.24) is 0 Å². The smallest absolute Gasteiger partial charge is 0.129 e. The summed E-state index contributed by atoms with van der Waals surface area (Å²) in [6, 6.07) is 3.20. The van der Waals surface area contributed by atoms with Gasteiger partial charge in [-0.25, -0.2) is 8.78 Å². The minimum absolute atomic E-state index is 0.0298. The predicted molar refractivity (Wildman–Crippen MR) is 70.4 cm³/mol. The molecule has 3 unspecified atom stereocenters. The molecule has 0 spiro atoms. The third-order valence-corrected chi connectivity index (χ3v) is 4.56. The zero-order valence-corrected chi connectivity index (χ0v) is 11.2. The van der Waals surface area contributed by atoms with Gasteiger partial charge in [0.05, 0.1) is 6.10 Å². The van der Waals surface area contributed by atoms with Crippen LogP contribution in [0, 0.1) is 23.0 Å². The summed E-state index contributed by atoms with van der Waals surface area (Å²) in [5.74, 6) is -0.593. The van der Waals surface area contributed by atoms with Gasteiger partial charge in [0.1, 0.15) is 11.6 Å². The number of nitrogens with two attached hydrogens (primary N) is 1. The van der Waals surface area contributed by atoms with Gasteiger partial charge in [0, 0.05) is 17.5 Å². The molecule has 0 amide bonds. The fourth-order valence-corrected chi connectivity index (χ4v) is 3.22. The Balaban J connectivity index is 2.31. The molecule has 0 aliphatic heterocycles. The lowest BCUT2D eigenvalue weighted by molar-refractivity contribution is 0.0272. The molecule has 1 aromatic carbocycles. The first-order chi connectivity index (χ1) is 9.02. The molecule has 0 bridgehead atoms. The molecule has 1 saturated carbocycles.